The number of esters is 2. The minimum absolute atomic E-state index is 0.188. The maximum absolute atomic E-state index is 12.4. The Kier molecular flexibility index (Phi) is 5.95. The van der Waals surface area contributed by atoms with E-state index in [0.717, 1.165) is 11.3 Å². The number of aryl methyl sites for hydroxylation is 1. The molecule has 3 rings (SSSR count). The summed E-state index contributed by atoms with van der Waals surface area (Å²) < 4.78 is 17.1. The Morgan fingerprint density at radius 2 is 2.00 bits per heavy atom. The van der Waals surface area contributed by atoms with E-state index in [0.29, 0.717) is 22.0 Å². The van der Waals surface area contributed by atoms with Gasteiger partial charge in [0.05, 0.1) is 12.9 Å². The molecule has 8 nitrogen and oxygen atoms in total. The number of ether oxygens (including phenoxy) is 2. The number of hydrogen-bond donors (Lipinski definition) is 1. The molecule has 0 bridgehead atoms. The van der Waals surface area contributed by atoms with Gasteiger partial charge in [-0.15, -0.1) is 11.3 Å². The van der Waals surface area contributed by atoms with Crippen molar-refractivity contribution in [3.63, 3.8) is 0 Å². The lowest BCUT2D eigenvalue weighted by molar-refractivity contribution is -0.119. The number of carbonyl (C=O) groups is 3. The summed E-state index contributed by atoms with van der Waals surface area (Å²) in [5, 5.41) is 4.59. The number of nitrogens with zero attached hydrogens (tertiary/aromatic N) is 1. The van der Waals surface area contributed by atoms with E-state index in [9.17, 15) is 14.4 Å². The number of nitrogens with one attached hydrogen (secondary N) is 1. The largest absolute Gasteiger partial charge is 0.464 e. The zero-order valence-electron chi connectivity index (χ0n) is 15.3. The van der Waals surface area contributed by atoms with Crippen molar-refractivity contribution in [1.82, 2.24) is 4.57 Å². The quantitative estimate of drug-likeness (QED) is 0.609. The molecule has 9 heteroatoms. The third kappa shape index (κ3) is 4.15. The topological polar surface area (TPSA) is 99.8 Å². The predicted octanol–water partition coefficient (Wildman–Crippen LogP) is 3.32. The first-order valence-electron chi connectivity index (χ1n) is 8.42. The van der Waals surface area contributed by atoms with E-state index >= 15 is 0 Å². The fourth-order valence-corrected chi connectivity index (χ4v) is 3.46. The minimum Gasteiger partial charge on any atom is -0.464 e. The van der Waals surface area contributed by atoms with Crippen LogP contribution in [0.15, 0.2) is 46.5 Å². The van der Waals surface area contributed by atoms with Gasteiger partial charge in [-0.2, -0.15) is 0 Å². The van der Waals surface area contributed by atoms with Gasteiger partial charge >= 0.3 is 11.9 Å². The Morgan fingerprint density at radius 3 is 2.64 bits per heavy atom. The normalized spacial score (nSPS) is 10.5. The third-order valence-electron chi connectivity index (χ3n) is 3.80. The average molecular weight is 402 g/mol. The van der Waals surface area contributed by atoms with Crippen LogP contribution in [-0.4, -0.2) is 35.6 Å². The Bertz CT molecular complexity index is 986. The molecular weight excluding hydrogens is 384 g/mol. The Balaban J connectivity index is 1.72. The van der Waals surface area contributed by atoms with E-state index in [4.69, 9.17) is 13.9 Å². The molecule has 0 radical (unpaired) electrons. The van der Waals surface area contributed by atoms with Crippen LogP contribution in [0.1, 0.15) is 27.8 Å². The van der Waals surface area contributed by atoms with Gasteiger partial charge in [-0.05, 0) is 31.2 Å². The number of anilines is 1. The van der Waals surface area contributed by atoms with Gasteiger partial charge in [0.2, 0.25) is 0 Å². The van der Waals surface area contributed by atoms with Gasteiger partial charge in [0.1, 0.15) is 22.0 Å². The van der Waals surface area contributed by atoms with Crippen LogP contribution in [0.5, 0.6) is 0 Å². The highest BCUT2D eigenvalue weighted by atomic mass is 32.1. The Hall–Kier alpha value is -3.33. The van der Waals surface area contributed by atoms with Gasteiger partial charge in [-0.3, -0.25) is 4.79 Å². The van der Waals surface area contributed by atoms with E-state index in [-0.39, 0.29) is 12.2 Å². The van der Waals surface area contributed by atoms with Crippen molar-refractivity contribution in [1.29, 1.82) is 0 Å². The molecule has 0 saturated heterocycles. The van der Waals surface area contributed by atoms with Gasteiger partial charge in [0, 0.05) is 24.2 Å². The van der Waals surface area contributed by atoms with Gasteiger partial charge in [0.25, 0.3) is 5.91 Å². The lowest BCUT2D eigenvalue weighted by Crippen LogP contribution is -2.22. The molecule has 0 saturated carbocycles. The molecule has 0 aliphatic rings. The fraction of sp³-hybridized carbons (Fsp3) is 0.211. The molecule has 0 aliphatic heterocycles. The van der Waals surface area contributed by atoms with Crippen LogP contribution in [0.2, 0.25) is 0 Å². The second-order valence-electron chi connectivity index (χ2n) is 5.68. The van der Waals surface area contributed by atoms with Crippen molar-refractivity contribution in [2.24, 2.45) is 7.05 Å². The van der Waals surface area contributed by atoms with Crippen molar-refractivity contribution in [3.8, 4) is 11.3 Å². The second kappa shape index (κ2) is 8.57. The van der Waals surface area contributed by atoms with E-state index in [1.165, 1.54) is 6.26 Å². The van der Waals surface area contributed by atoms with Crippen LogP contribution in [0, 0.1) is 0 Å². The van der Waals surface area contributed by atoms with Crippen LogP contribution >= 0.6 is 11.3 Å². The van der Waals surface area contributed by atoms with Crippen molar-refractivity contribution in [2.75, 3.05) is 18.5 Å². The lowest BCUT2D eigenvalue weighted by Gasteiger charge is -2.08. The molecular formula is C19H18N2O6S. The van der Waals surface area contributed by atoms with Gasteiger partial charge in [-0.1, -0.05) is 0 Å². The molecule has 1 N–H and O–H groups in total. The number of carbonyl (C=O) groups excluding carboxylic acids is 3. The smallest absolute Gasteiger partial charge is 0.355 e. The second-order valence-corrected chi connectivity index (χ2v) is 6.56. The predicted molar refractivity (Wildman–Crippen MR) is 102 cm³/mol. The highest BCUT2D eigenvalue weighted by Crippen LogP contribution is 2.36. The summed E-state index contributed by atoms with van der Waals surface area (Å²) in [6.07, 6.45) is 3.19. The number of aromatic nitrogens is 1. The third-order valence-corrected chi connectivity index (χ3v) is 4.69. The summed E-state index contributed by atoms with van der Waals surface area (Å²) in [5.74, 6) is -1.28. The summed E-state index contributed by atoms with van der Waals surface area (Å²) in [5.41, 5.74) is 1.05. The number of hydrogen-bond acceptors (Lipinski definition) is 7. The Morgan fingerprint density at radius 1 is 1.18 bits per heavy atom. The summed E-state index contributed by atoms with van der Waals surface area (Å²) in [7, 11) is 1.70. The van der Waals surface area contributed by atoms with E-state index in [1.54, 1.807) is 54.4 Å². The average Bonchev–Trinajstić information content (AvgIpc) is 3.40. The zero-order chi connectivity index (χ0) is 20.1. The van der Waals surface area contributed by atoms with Crippen LogP contribution < -0.4 is 5.32 Å². The number of thiophene rings is 1. The molecule has 3 aromatic rings. The summed E-state index contributed by atoms with van der Waals surface area (Å²) in [6.45, 7) is 1.40. The highest BCUT2D eigenvalue weighted by Gasteiger charge is 2.24. The molecule has 0 spiro atoms. The van der Waals surface area contributed by atoms with Crippen LogP contribution in [-0.2, 0) is 21.3 Å². The summed E-state index contributed by atoms with van der Waals surface area (Å²) >= 11 is 1.15. The van der Waals surface area contributed by atoms with Crippen LogP contribution in [0.4, 0.5) is 5.00 Å². The lowest BCUT2D eigenvalue weighted by atomic mass is 10.1. The summed E-state index contributed by atoms with van der Waals surface area (Å²) in [4.78, 5) is 36.6. The van der Waals surface area contributed by atoms with E-state index in [1.807, 2.05) is 0 Å². The van der Waals surface area contributed by atoms with Gasteiger partial charge < -0.3 is 23.8 Å². The first-order valence-corrected chi connectivity index (χ1v) is 9.30. The number of amides is 1. The Labute approximate surface area is 164 Å². The maximum Gasteiger partial charge on any atom is 0.355 e. The molecule has 0 unspecified atom stereocenters. The van der Waals surface area contributed by atoms with E-state index in [2.05, 4.69) is 5.32 Å². The van der Waals surface area contributed by atoms with Gasteiger partial charge in [0.15, 0.2) is 6.61 Å². The fourth-order valence-electron chi connectivity index (χ4n) is 2.51. The molecule has 3 aromatic heterocycles. The molecule has 1 amide bonds. The zero-order valence-corrected chi connectivity index (χ0v) is 16.1. The van der Waals surface area contributed by atoms with Crippen molar-refractivity contribution in [3.05, 3.63) is 53.4 Å². The van der Waals surface area contributed by atoms with Crippen molar-refractivity contribution >= 4 is 34.2 Å². The van der Waals surface area contributed by atoms with Crippen LogP contribution in [0.3, 0.4) is 0 Å². The number of rotatable bonds is 7. The summed E-state index contributed by atoms with van der Waals surface area (Å²) in [6, 6.07) is 6.69. The first-order chi connectivity index (χ1) is 13.5. The minimum atomic E-state index is -0.615. The molecule has 3 heterocycles. The monoisotopic (exact) mass is 402 g/mol. The van der Waals surface area contributed by atoms with Crippen molar-refractivity contribution in [2.45, 2.75) is 6.92 Å². The SMILES string of the molecule is CCOC(=O)c1c(-c2ccco2)csc1NC(=O)COC(=O)c1cccn1C. The maximum atomic E-state index is 12.4. The van der Waals surface area contributed by atoms with Gasteiger partial charge in [-0.25, -0.2) is 9.59 Å². The molecule has 0 aliphatic carbocycles. The van der Waals surface area contributed by atoms with E-state index < -0.39 is 24.5 Å². The number of furan rings is 1. The first kappa shape index (κ1) is 19.4. The molecule has 28 heavy (non-hydrogen) atoms. The molecule has 146 valence electrons. The van der Waals surface area contributed by atoms with Crippen LogP contribution in [0.25, 0.3) is 11.3 Å². The molecule has 0 atom stereocenters. The highest BCUT2D eigenvalue weighted by molar-refractivity contribution is 7.15. The standard InChI is InChI=1S/C19H18N2O6S/c1-3-25-19(24)16-12(14-7-5-9-26-14)11-28-17(16)20-15(22)10-27-18(23)13-6-4-8-21(13)2/h4-9,11H,3,10H2,1-2H3,(H,20,22). The molecule has 0 fully saturated rings. The van der Waals surface area contributed by atoms with Crippen molar-refractivity contribution < 1.29 is 28.3 Å². The molecule has 0 aromatic carbocycles.